The van der Waals surface area contributed by atoms with E-state index in [2.05, 4.69) is 26.2 Å². The number of hydrogen-bond acceptors (Lipinski definition) is 4. The summed E-state index contributed by atoms with van der Waals surface area (Å²) in [5, 5.41) is 3.44. The van der Waals surface area contributed by atoms with Crippen LogP contribution in [-0.2, 0) is 11.8 Å². The molecule has 8 heteroatoms. The maximum absolute atomic E-state index is 12.7. The average Bonchev–Trinajstić information content (AvgIpc) is 3.11. The average molecular weight is 479 g/mol. The van der Waals surface area contributed by atoms with E-state index in [1.54, 1.807) is 19.4 Å². The second kappa shape index (κ2) is 9.33. The summed E-state index contributed by atoms with van der Waals surface area (Å²) < 4.78 is 13.7. The number of nitrogens with one attached hydrogen (secondary N) is 1. The minimum Gasteiger partial charge on any atom is -0.497 e. The van der Waals surface area contributed by atoms with E-state index < -0.39 is 6.04 Å². The Balaban J connectivity index is 1.79. The zero-order chi connectivity index (χ0) is 21.0. The lowest BCUT2D eigenvalue weighted by molar-refractivity contribution is -0.123. The summed E-state index contributed by atoms with van der Waals surface area (Å²) in [4.78, 5) is 17.1. The van der Waals surface area contributed by atoms with Crippen molar-refractivity contribution in [3.63, 3.8) is 0 Å². The van der Waals surface area contributed by atoms with E-state index >= 15 is 0 Å². The zero-order valence-corrected chi connectivity index (χ0v) is 18.6. The van der Waals surface area contributed by atoms with Crippen LogP contribution in [0.2, 0.25) is 5.02 Å². The molecule has 0 saturated carbocycles. The standard InChI is InChI=1S/C21H21BrClN3O3/c1-13-9-15(22)11-17(23)20(13)29-12-18(27)25-19(21-24-7-8-26(21)2)14-5-4-6-16(10-14)28-3/h4-11,19H,12H2,1-3H3,(H,25,27). The number of carbonyl (C=O) groups excluding carboxylic acids is 1. The monoisotopic (exact) mass is 477 g/mol. The molecule has 0 radical (unpaired) electrons. The van der Waals surface area contributed by atoms with Gasteiger partial charge in [0, 0.05) is 23.9 Å². The molecule has 3 aromatic rings. The van der Waals surface area contributed by atoms with E-state index in [1.165, 1.54) is 0 Å². The SMILES string of the molecule is COc1cccc(C(NC(=O)COc2c(C)cc(Br)cc2Cl)c2nccn2C)c1. The van der Waals surface area contributed by atoms with Gasteiger partial charge in [-0.3, -0.25) is 4.79 Å². The summed E-state index contributed by atoms with van der Waals surface area (Å²) in [6.45, 7) is 1.70. The third kappa shape index (κ3) is 5.10. The fraction of sp³-hybridized carbons (Fsp3) is 0.238. The number of amides is 1. The molecule has 0 saturated heterocycles. The fourth-order valence-electron chi connectivity index (χ4n) is 2.99. The van der Waals surface area contributed by atoms with Gasteiger partial charge in [0.1, 0.15) is 23.4 Å². The lowest BCUT2D eigenvalue weighted by Gasteiger charge is -2.20. The normalized spacial score (nSPS) is 11.8. The van der Waals surface area contributed by atoms with Gasteiger partial charge < -0.3 is 19.4 Å². The third-order valence-electron chi connectivity index (χ3n) is 4.39. The van der Waals surface area contributed by atoms with Gasteiger partial charge >= 0.3 is 0 Å². The van der Waals surface area contributed by atoms with Crippen molar-refractivity contribution in [1.82, 2.24) is 14.9 Å². The summed E-state index contributed by atoms with van der Waals surface area (Å²) >= 11 is 9.63. The smallest absolute Gasteiger partial charge is 0.258 e. The first-order chi connectivity index (χ1) is 13.9. The molecule has 0 fully saturated rings. The van der Waals surface area contributed by atoms with Crippen LogP contribution < -0.4 is 14.8 Å². The molecular formula is C21H21BrClN3O3. The van der Waals surface area contributed by atoms with Crippen molar-refractivity contribution < 1.29 is 14.3 Å². The van der Waals surface area contributed by atoms with Gasteiger partial charge in [-0.05, 0) is 42.3 Å². The van der Waals surface area contributed by atoms with Crippen molar-refractivity contribution in [2.45, 2.75) is 13.0 Å². The van der Waals surface area contributed by atoms with Crippen LogP contribution in [0.1, 0.15) is 23.0 Å². The highest BCUT2D eigenvalue weighted by Gasteiger charge is 2.22. The Bertz CT molecular complexity index is 999. The number of carbonyl (C=O) groups is 1. The van der Waals surface area contributed by atoms with Crippen LogP contribution in [-0.4, -0.2) is 29.2 Å². The van der Waals surface area contributed by atoms with Crippen molar-refractivity contribution in [1.29, 1.82) is 0 Å². The molecule has 2 aromatic carbocycles. The van der Waals surface area contributed by atoms with Gasteiger partial charge in [0.05, 0.1) is 12.1 Å². The highest BCUT2D eigenvalue weighted by molar-refractivity contribution is 9.10. The van der Waals surface area contributed by atoms with Crippen LogP contribution in [0.15, 0.2) is 53.3 Å². The molecule has 0 spiro atoms. The van der Waals surface area contributed by atoms with Crippen molar-refractivity contribution in [2.24, 2.45) is 7.05 Å². The summed E-state index contributed by atoms with van der Waals surface area (Å²) in [7, 11) is 3.48. The molecule has 6 nitrogen and oxygen atoms in total. The number of benzene rings is 2. The van der Waals surface area contributed by atoms with Crippen LogP contribution in [0.4, 0.5) is 0 Å². The highest BCUT2D eigenvalue weighted by Crippen LogP contribution is 2.32. The Morgan fingerprint density at radius 3 is 2.79 bits per heavy atom. The van der Waals surface area contributed by atoms with Gasteiger partial charge in [0.25, 0.3) is 5.91 Å². The van der Waals surface area contributed by atoms with Crippen LogP contribution in [0.5, 0.6) is 11.5 Å². The lowest BCUT2D eigenvalue weighted by atomic mass is 10.1. The van der Waals surface area contributed by atoms with E-state index in [0.29, 0.717) is 22.3 Å². The molecule has 1 aromatic heterocycles. The summed E-state index contributed by atoms with van der Waals surface area (Å²) in [5.74, 6) is 1.59. The maximum atomic E-state index is 12.7. The quantitative estimate of drug-likeness (QED) is 0.545. The van der Waals surface area contributed by atoms with Crippen LogP contribution in [0, 0.1) is 6.92 Å². The number of halogens is 2. The van der Waals surface area contributed by atoms with Crippen molar-refractivity contribution in [3.8, 4) is 11.5 Å². The van der Waals surface area contributed by atoms with Crippen molar-refractivity contribution in [3.05, 3.63) is 75.2 Å². The van der Waals surface area contributed by atoms with E-state index in [4.69, 9.17) is 21.1 Å². The number of aryl methyl sites for hydroxylation is 2. The molecule has 1 N–H and O–H groups in total. The minimum absolute atomic E-state index is 0.174. The maximum Gasteiger partial charge on any atom is 0.258 e. The molecule has 0 aliphatic carbocycles. The molecular weight excluding hydrogens is 458 g/mol. The molecule has 1 heterocycles. The Morgan fingerprint density at radius 1 is 1.34 bits per heavy atom. The number of ether oxygens (including phenoxy) is 2. The molecule has 0 bridgehead atoms. The van der Waals surface area contributed by atoms with Gasteiger partial charge in [-0.15, -0.1) is 0 Å². The van der Waals surface area contributed by atoms with Crippen LogP contribution >= 0.6 is 27.5 Å². The largest absolute Gasteiger partial charge is 0.497 e. The van der Waals surface area contributed by atoms with Gasteiger partial charge in [-0.25, -0.2) is 4.98 Å². The van der Waals surface area contributed by atoms with Crippen molar-refractivity contribution >= 4 is 33.4 Å². The summed E-state index contributed by atoms with van der Waals surface area (Å²) in [6, 6.07) is 10.7. The molecule has 1 amide bonds. The number of rotatable bonds is 7. The Hall–Kier alpha value is -2.51. The minimum atomic E-state index is -0.456. The number of methoxy groups -OCH3 is 1. The molecule has 29 heavy (non-hydrogen) atoms. The molecule has 1 atom stereocenters. The Labute approximate surface area is 182 Å². The van der Waals surface area contributed by atoms with Gasteiger partial charge in [-0.2, -0.15) is 0 Å². The topological polar surface area (TPSA) is 65.4 Å². The number of imidazole rings is 1. The molecule has 0 aliphatic heterocycles. The molecule has 0 aliphatic rings. The van der Waals surface area contributed by atoms with E-state index in [-0.39, 0.29) is 12.5 Å². The third-order valence-corrected chi connectivity index (χ3v) is 5.13. The summed E-state index contributed by atoms with van der Waals surface area (Å²) in [5.41, 5.74) is 1.69. The first kappa shape index (κ1) is 21.2. The first-order valence-corrected chi connectivity index (χ1v) is 10.0. The van der Waals surface area contributed by atoms with Gasteiger partial charge in [0.15, 0.2) is 6.61 Å². The summed E-state index contributed by atoms with van der Waals surface area (Å²) in [6.07, 6.45) is 3.52. The molecule has 1 unspecified atom stereocenters. The highest BCUT2D eigenvalue weighted by atomic mass is 79.9. The van der Waals surface area contributed by atoms with Gasteiger partial charge in [-0.1, -0.05) is 39.7 Å². The first-order valence-electron chi connectivity index (χ1n) is 8.88. The van der Waals surface area contributed by atoms with E-state index in [0.717, 1.165) is 15.6 Å². The Kier molecular flexibility index (Phi) is 6.82. The predicted molar refractivity (Wildman–Crippen MR) is 116 cm³/mol. The van der Waals surface area contributed by atoms with Crippen LogP contribution in [0.3, 0.4) is 0 Å². The second-order valence-electron chi connectivity index (χ2n) is 6.50. The predicted octanol–water partition coefficient (Wildman–Crippen LogP) is 4.44. The Morgan fingerprint density at radius 2 is 2.14 bits per heavy atom. The number of hydrogen-bond donors (Lipinski definition) is 1. The molecule has 152 valence electrons. The van der Waals surface area contributed by atoms with Gasteiger partial charge in [0.2, 0.25) is 0 Å². The molecule has 3 rings (SSSR count). The van der Waals surface area contributed by atoms with Crippen LogP contribution in [0.25, 0.3) is 0 Å². The second-order valence-corrected chi connectivity index (χ2v) is 7.82. The van der Waals surface area contributed by atoms with Crippen molar-refractivity contribution in [2.75, 3.05) is 13.7 Å². The van der Waals surface area contributed by atoms with E-state index in [1.807, 2.05) is 55.1 Å². The number of aromatic nitrogens is 2. The zero-order valence-electron chi connectivity index (χ0n) is 16.3. The lowest BCUT2D eigenvalue weighted by Crippen LogP contribution is -2.34. The number of nitrogens with zero attached hydrogens (tertiary/aromatic N) is 2. The fourth-order valence-corrected chi connectivity index (χ4v) is 4.01. The van der Waals surface area contributed by atoms with E-state index in [9.17, 15) is 4.79 Å².